The second-order valence-corrected chi connectivity index (χ2v) is 3.72. The van der Waals surface area contributed by atoms with Crippen LogP contribution in [0.3, 0.4) is 0 Å². The molecule has 90 valence electrons. The zero-order chi connectivity index (χ0) is 12.4. The van der Waals surface area contributed by atoms with Crippen LogP contribution < -0.4 is 5.48 Å². The molecule has 0 atom stereocenters. The Morgan fingerprint density at radius 2 is 1.78 bits per heavy atom. The summed E-state index contributed by atoms with van der Waals surface area (Å²) in [5.74, 6) is 0. The van der Waals surface area contributed by atoms with Crippen LogP contribution in [-0.2, 0) is 4.99 Å². The van der Waals surface area contributed by atoms with Crippen molar-refractivity contribution in [1.29, 1.82) is 0 Å². The number of rotatable bonds is 3. The van der Waals surface area contributed by atoms with Crippen molar-refractivity contribution in [2.45, 2.75) is 0 Å². The predicted octanol–water partition coefficient (Wildman–Crippen LogP) is 2.24. The van der Waals surface area contributed by atoms with E-state index in [-0.39, 0.29) is 0 Å². The van der Waals surface area contributed by atoms with Gasteiger partial charge in [0.2, 0.25) is 0 Å². The Kier molecular flexibility index (Phi) is 2.64. The molecule has 0 aliphatic rings. The molecule has 3 rings (SSSR count). The summed E-state index contributed by atoms with van der Waals surface area (Å²) in [7, 11) is 0. The normalized spacial score (nSPS) is 10.7. The Morgan fingerprint density at radius 1 is 1.00 bits per heavy atom. The molecule has 0 radical (unpaired) electrons. The lowest BCUT2D eigenvalue weighted by Gasteiger charge is -1.98. The SMILES string of the molecule is OONc1ccc2nn(-c3ccccc3)nc2c1. The second kappa shape index (κ2) is 4.44. The molecule has 6 heteroatoms. The fraction of sp³-hybridized carbons (Fsp3) is 0. The number of para-hydroxylation sites is 1. The lowest BCUT2D eigenvalue weighted by molar-refractivity contribution is -0.215. The van der Waals surface area contributed by atoms with Crippen molar-refractivity contribution in [1.82, 2.24) is 15.0 Å². The molecule has 0 spiro atoms. The van der Waals surface area contributed by atoms with E-state index in [0.29, 0.717) is 11.2 Å². The van der Waals surface area contributed by atoms with Gasteiger partial charge in [-0.15, -0.1) is 15.2 Å². The molecule has 0 amide bonds. The van der Waals surface area contributed by atoms with E-state index in [9.17, 15) is 0 Å². The maximum Gasteiger partial charge on any atom is 0.115 e. The zero-order valence-electron chi connectivity index (χ0n) is 9.32. The summed E-state index contributed by atoms with van der Waals surface area (Å²) < 4.78 is 0. The molecule has 0 saturated heterocycles. The molecule has 0 aliphatic heterocycles. The molecule has 0 aliphatic carbocycles. The fourth-order valence-corrected chi connectivity index (χ4v) is 1.71. The van der Waals surface area contributed by atoms with Crippen molar-refractivity contribution in [2.75, 3.05) is 5.48 Å². The lowest BCUT2D eigenvalue weighted by Crippen LogP contribution is -1.97. The van der Waals surface area contributed by atoms with Crippen LogP contribution in [0.15, 0.2) is 48.5 Å². The standard InChI is InChI=1S/C12H10N4O2/c17-18-15-9-6-7-11-12(8-9)14-16(13-11)10-4-2-1-3-5-10/h1-8,15,17H. The summed E-state index contributed by atoms with van der Waals surface area (Å²) in [6.07, 6.45) is 0. The third kappa shape index (κ3) is 1.90. The molecule has 0 saturated carbocycles. The molecule has 18 heavy (non-hydrogen) atoms. The molecule has 0 bridgehead atoms. The van der Waals surface area contributed by atoms with Gasteiger partial charge in [-0.25, -0.2) is 10.7 Å². The fourth-order valence-electron chi connectivity index (χ4n) is 1.71. The molecule has 3 aromatic rings. The van der Waals surface area contributed by atoms with E-state index in [1.54, 1.807) is 23.0 Å². The number of nitrogens with zero attached hydrogens (tertiary/aromatic N) is 3. The number of benzene rings is 2. The van der Waals surface area contributed by atoms with E-state index in [1.807, 2.05) is 30.3 Å². The molecular weight excluding hydrogens is 232 g/mol. The summed E-state index contributed by atoms with van der Waals surface area (Å²) in [6, 6.07) is 14.9. The summed E-state index contributed by atoms with van der Waals surface area (Å²) in [5, 5.41) is 17.0. The van der Waals surface area contributed by atoms with E-state index >= 15 is 0 Å². The Balaban J connectivity index is 2.06. The minimum absolute atomic E-state index is 0.602. The number of nitrogens with one attached hydrogen (secondary N) is 1. The minimum atomic E-state index is 0.602. The number of hydrogen-bond donors (Lipinski definition) is 2. The average molecular weight is 242 g/mol. The highest BCUT2D eigenvalue weighted by molar-refractivity contribution is 5.78. The summed E-state index contributed by atoms with van der Waals surface area (Å²) in [6.45, 7) is 0. The molecule has 0 unspecified atom stereocenters. The van der Waals surface area contributed by atoms with Crippen LogP contribution in [0.4, 0.5) is 5.69 Å². The largest absolute Gasteiger partial charge is 0.235 e. The first-order valence-electron chi connectivity index (χ1n) is 5.36. The van der Waals surface area contributed by atoms with Gasteiger partial charge in [-0.3, -0.25) is 0 Å². The third-order valence-corrected chi connectivity index (χ3v) is 2.53. The van der Waals surface area contributed by atoms with E-state index in [4.69, 9.17) is 5.26 Å². The van der Waals surface area contributed by atoms with Gasteiger partial charge < -0.3 is 0 Å². The first-order valence-corrected chi connectivity index (χ1v) is 5.36. The van der Waals surface area contributed by atoms with Crippen LogP contribution in [0.5, 0.6) is 0 Å². The molecule has 1 heterocycles. The Bertz CT molecular complexity index is 666. The molecule has 0 fully saturated rings. The van der Waals surface area contributed by atoms with Crippen molar-refractivity contribution >= 4 is 16.7 Å². The minimum Gasteiger partial charge on any atom is -0.235 e. The Hall–Kier alpha value is -2.44. The quantitative estimate of drug-likeness (QED) is 0.544. The maximum absolute atomic E-state index is 8.32. The van der Waals surface area contributed by atoms with E-state index in [0.717, 1.165) is 11.2 Å². The van der Waals surface area contributed by atoms with Crippen LogP contribution in [0.2, 0.25) is 0 Å². The molecule has 1 aromatic heterocycles. The lowest BCUT2D eigenvalue weighted by atomic mass is 10.3. The van der Waals surface area contributed by atoms with Gasteiger partial charge in [0.05, 0.1) is 11.4 Å². The summed E-state index contributed by atoms with van der Waals surface area (Å²) >= 11 is 0. The van der Waals surface area contributed by atoms with Gasteiger partial charge in [0.25, 0.3) is 0 Å². The van der Waals surface area contributed by atoms with Crippen molar-refractivity contribution in [3.63, 3.8) is 0 Å². The highest BCUT2D eigenvalue weighted by Gasteiger charge is 2.05. The van der Waals surface area contributed by atoms with Crippen molar-refractivity contribution in [2.24, 2.45) is 0 Å². The third-order valence-electron chi connectivity index (χ3n) is 2.53. The van der Waals surface area contributed by atoms with E-state index in [2.05, 4.69) is 20.7 Å². The first kappa shape index (κ1) is 10.7. The van der Waals surface area contributed by atoms with Crippen molar-refractivity contribution < 1.29 is 10.2 Å². The van der Waals surface area contributed by atoms with Gasteiger partial charge in [-0.2, -0.15) is 4.80 Å². The predicted molar refractivity (Wildman–Crippen MR) is 66.2 cm³/mol. The van der Waals surface area contributed by atoms with Crippen LogP contribution in [-0.4, -0.2) is 20.3 Å². The van der Waals surface area contributed by atoms with Gasteiger partial charge in [0.1, 0.15) is 11.0 Å². The monoisotopic (exact) mass is 242 g/mol. The van der Waals surface area contributed by atoms with Gasteiger partial charge in [0, 0.05) is 0 Å². The Labute approximate surface area is 102 Å². The highest BCUT2D eigenvalue weighted by Crippen LogP contribution is 2.17. The molecule has 2 aromatic carbocycles. The number of aromatic nitrogens is 3. The van der Waals surface area contributed by atoms with Crippen LogP contribution >= 0.6 is 0 Å². The smallest absolute Gasteiger partial charge is 0.115 e. The van der Waals surface area contributed by atoms with E-state index in [1.165, 1.54) is 0 Å². The van der Waals surface area contributed by atoms with Crippen molar-refractivity contribution in [3.8, 4) is 5.69 Å². The number of hydrogen-bond acceptors (Lipinski definition) is 5. The summed E-state index contributed by atoms with van der Waals surface area (Å²) in [4.78, 5) is 5.43. The highest BCUT2D eigenvalue weighted by atomic mass is 17.2. The zero-order valence-corrected chi connectivity index (χ0v) is 9.32. The topological polar surface area (TPSA) is 72.2 Å². The van der Waals surface area contributed by atoms with Crippen LogP contribution in [0, 0.1) is 0 Å². The molecular formula is C12H10N4O2. The molecule has 2 N–H and O–H groups in total. The second-order valence-electron chi connectivity index (χ2n) is 3.72. The van der Waals surface area contributed by atoms with Gasteiger partial charge >= 0.3 is 0 Å². The van der Waals surface area contributed by atoms with Gasteiger partial charge in [-0.1, -0.05) is 18.2 Å². The molecule has 6 nitrogen and oxygen atoms in total. The maximum atomic E-state index is 8.32. The first-order chi connectivity index (χ1) is 8.86. The van der Waals surface area contributed by atoms with Gasteiger partial charge in [-0.05, 0) is 30.3 Å². The van der Waals surface area contributed by atoms with Crippen LogP contribution in [0.25, 0.3) is 16.7 Å². The summed E-state index contributed by atoms with van der Waals surface area (Å²) in [5.41, 5.74) is 5.29. The number of fused-ring (bicyclic) bond motifs is 1. The average Bonchev–Trinajstić information content (AvgIpc) is 2.83. The Morgan fingerprint density at radius 3 is 2.56 bits per heavy atom. The van der Waals surface area contributed by atoms with E-state index < -0.39 is 0 Å². The number of anilines is 1. The van der Waals surface area contributed by atoms with Crippen molar-refractivity contribution in [3.05, 3.63) is 48.5 Å². The van der Waals surface area contributed by atoms with Gasteiger partial charge in [0.15, 0.2) is 0 Å². The van der Waals surface area contributed by atoms with Crippen LogP contribution in [0.1, 0.15) is 0 Å².